The average molecular weight is 887 g/mol. The maximum Gasteiger partial charge on any atom is 0.321 e. The van der Waals surface area contributed by atoms with Crippen molar-refractivity contribution in [2.75, 3.05) is 13.7 Å². The first-order valence-electron chi connectivity index (χ1n) is 24.2. The van der Waals surface area contributed by atoms with Crippen LogP contribution in [-0.2, 0) is 25.5 Å². The Morgan fingerprint density at radius 1 is 0.908 bits per heavy atom. The average Bonchev–Trinajstić information content (AvgIpc) is 4.02. The van der Waals surface area contributed by atoms with Crippen molar-refractivity contribution in [3.8, 4) is 0 Å². The number of hydrogen-bond acceptors (Lipinski definition) is 8. The van der Waals surface area contributed by atoms with Gasteiger partial charge in [-0.1, -0.05) is 105 Å². The third kappa shape index (κ3) is 10.8. The van der Waals surface area contributed by atoms with Gasteiger partial charge in [-0.25, -0.2) is 4.98 Å². The molecule has 0 spiro atoms. The van der Waals surface area contributed by atoms with Gasteiger partial charge in [0.05, 0.1) is 35.6 Å². The zero-order valence-corrected chi connectivity index (χ0v) is 40.7. The molecule has 0 amide bonds. The van der Waals surface area contributed by atoms with E-state index in [1.807, 2.05) is 38.1 Å². The van der Waals surface area contributed by atoms with Crippen molar-refractivity contribution in [1.29, 1.82) is 0 Å². The van der Waals surface area contributed by atoms with Crippen LogP contribution in [0, 0.1) is 24.7 Å². The van der Waals surface area contributed by atoms with E-state index in [0.717, 1.165) is 76.2 Å². The van der Waals surface area contributed by atoms with Gasteiger partial charge in [-0.2, -0.15) is 0 Å². The van der Waals surface area contributed by atoms with Crippen LogP contribution < -0.4 is 10.6 Å². The molecule has 65 heavy (non-hydrogen) atoms. The van der Waals surface area contributed by atoms with Crippen molar-refractivity contribution < 1.29 is 29.3 Å². The second kappa shape index (κ2) is 21.7. The van der Waals surface area contributed by atoms with Crippen LogP contribution in [0.1, 0.15) is 183 Å². The molecule has 0 unspecified atom stereocenters. The minimum atomic E-state index is -1.14. The fourth-order valence-corrected chi connectivity index (χ4v) is 10.2. The smallest absolute Gasteiger partial charge is 0.321 e. The molecule has 5 heterocycles. The number of hydrogen-bond donors (Lipinski definition) is 4. The number of allylic oxidation sites excluding steroid dienone is 2. The molecule has 0 radical (unpaired) electrons. The van der Waals surface area contributed by atoms with E-state index < -0.39 is 11.9 Å². The van der Waals surface area contributed by atoms with Crippen molar-refractivity contribution in [3.05, 3.63) is 92.1 Å². The SMILES string of the molecule is C=Cc1c(=CO)c2cc3nc(c4c5nc(cc6[nH]c(cc1[nH]2)c(C)c6CC)=C(C)C5=C(O)[C@@H]4C(=O)OC)[C@@H](CCC(=O)OC/C=C(/C)CCC[C@H](C)CCC[C@H](C)CCCC(C)C)[C@@H]3C. The first-order chi connectivity index (χ1) is 31.1. The molecule has 3 aliphatic rings. The number of ether oxygens (including phenoxy) is 2. The van der Waals surface area contributed by atoms with E-state index in [9.17, 15) is 19.8 Å². The normalized spacial score (nSPS) is 18.4. The lowest BCUT2D eigenvalue weighted by Crippen LogP contribution is -2.18. The van der Waals surface area contributed by atoms with Gasteiger partial charge in [0.1, 0.15) is 18.3 Å². The summed E-state index contributed by atoms with van der Waals surface area (Å²) in [6, 6.07) is 5.93. The molecule has 0 saturated carbocycles. The van der Waals surface area contributed by atoms with Gasteiger partial charge in [0.15, 0.2) is 0 Å². The van der Waals surface area contributed by atoms with Gasteiger partial charge < -0.3 is 29.7 Å². The molecule has 0 aromatic carbocycles. The van der Waals surface area contributed by atoms with Gasteiger partial charge in [-0.05, 0) is 105 Å². The van der Waals surface area contributed by atoms with Crippen LogP contribution in [0.5, 0.6) is 0 Å². The summed E-state index contributed by atoms with van der Waals surface area (Å²) in [6.07, 6.45) is 17.3. The van der Waals surface area contributed by atoms with Crippen LogP contribution in [0.2, 0.25) is 0 Å². The molecule has 0 fully saturated rings. The predicted molar refractivity (Wildman–Crippen MR) is 265 cm³/mol. The molecule has 10 heteroatoms. The van der Waals surface area contributed by atoms with Gasteiger partial charge in [0.25, 0.3) is 0 Å². The van der Waals surface area contributed by atoms with Gasteiger partial charge >= 0.3 is 11.9 Å². The number of methoxy groups -OCH3 is 1. The van der Waals surface area contributed by atoms with Crippen LogP contribution in [0.4, 0.5) is 0 Å². The van der Waals surface area contributed by atoms with Crippen LogP contribution >= 0.6 is 0 Å². The highest BCUT2D eigenvalue weighted by Crippen LogP contribution is 2.50. The maximum atomic E-state index is 13.6. The van der Waals surface area contributed by atoms with E-state index in [1.165, 1.54) is 57.6 Å². The van der Waals surface area contributed by atoms with Gasteiger partial charge in [-0.3, -0.25) is 14.6 Å². The Labute approximate surface area is 386 Å². The number of fused-ring (bicyclic) bond motifs is 8. The van der Waals surface area contributed by atoms with Crippen LogP contribution in [0.3, 0.4) is 0 Å². The Balaban J connectivity index is 1.26. The third-order valence-corrected chi connectivity index (χ3v) is 14.3. The summed E-state index contributed by atoms with van der Waals surface area (Å²) in [5.74, 6) is -0.463. The van der Waals surface area contributed by atoms with E-state index in [2.05, 4.69) is 65.0 Å². The zero-order chi connectivity index (χ0) is 47.1. The largest absolute Gasteiger partial charge is 0.515 e. The fourth-order valence-electron chi connectivity index (χ4n) is 10.2. The van der Waals surface area contributed by atoms with E-state index >= 15 is 0 Å². The number of nitrogens with zero attached hydrogens (tertiary/aromatic N) is 2. The molecule has 350 valence electrons. The Morgan fingerprint density at radius 3 is 2.23 bits per heavy atom. The number of nitrogens with one attached hydrogen (secondary N) is 2. The second-order valence-electron chi connectivity index (χ2n) is 19.5. The van der Waals surface area contributed by atoms with Crippen LogP contribution in [-0.4, -0.2) is 55.8 Å². The molecule has 3 aromatic heterocycles. The molecule has 6 rings (SSSR count). The summed E-state index contributed by atoms with van der Waals surface area (Å²) in [6.45, 7) is 23.9. The molecule has 5 atom stereocenters. The molecule has 4 N–H and O–H groups in total. The molecule has 0 saturated heterocycles. The first-order valence-corrected chi connectivity index (χ1v) is 24.2. The Bertz CT molecular complexity index is 2630. The van der Waals surface area contributed by atoms with Crippen molar-refractivity contribution in [3.63, 3.8) is 0 Å². The number of aliphatic hydroxyl groups excluding tert-OH is 2. The number of esters is 2. The maximum absolute atomic E-state index is 13.6. The molecule has 2 aliphatic heterocycles. The number of carbonyl (C=O) groups is 2. The third-order valence-electron chi connectivity index (χ3n) is 14.3. The minimum absolute atomic E-state index is 0.123. The standard InChI is InChI=1S/C55H74N4O6/c1-12-38-35(8)42-27-46-39(13-2)41(30-60)47(57-46)28-43-36(9)40(52(58-43)50-51(55(63)64-11)54(62)49-37(10)44(59-53(49)50)29-45(38)56-42)23-24-48(61)65-26-25-34(7)22-16-21-33(6)20-15-19-32(5)18-14-17-31(3)4/h13,25,27-33,36,40,51,56-57,60,62H,2,12,14-24,26H2,1,3-11H3/b34-25-,41-30?,42-27?,45-29?,47-28?,52-50?/t32-,33-,36+,40+,51-/m1/s1. The summed E-state index contributed by atoms with van der Waals surface area (Å²) in [5.41, 5.74) is 10.8. The van der Waals surface area contributed by atoms with Crippen molar-refractivity contribution >= 4 is 57.5 Å². The van der Waals surface area contributed by atoms with Crippen LogP contribution in [0.25, 0.3) is 45.6 Å². The molecule has 3 aromatic rings. The number of aromatic nitrogens is 4. The summed E-state index contributed by atoms with van der Waals surface area (Å²) in [4.78, 5) is 44.5. The summed E-state index contributed by atoms with van der Waals surface area (Å²) >= 11 is 0. The Morgan fingerprint density at radius 2 is 1.58 bits per heavy atom. The topological polar surface area (TPSA) is 150 Å². The fraction of sp³-hybridized carbons (Fsp3) is 0.527. The summed E-state index contributed by atoms with van der Waals surface area (Å²) in [5, 5.41) is 23.7. The van der Waals surface area contributed by atoms with E-state index in [-0.39, 0.29) is 36.6 Å². The minimum Gasteiger partial charge on any atom is -0.515 e. The lowest BCUT2D eigenvalue weighted by atomic mass is 9.84. The molecule has 1 aliphatic carbocycles. The zero-order valence-electron chi connectivity index (χ0n) is 40.7. The number of aromatic amines is 2. The predicted octanol–water partition coefficient (Wildman–Crippen LogP) is 12.1. The quantitative estimate of drug-likeness (QED) is 0.0647. The first kappa shape index (κ1) is 49.1. The molecular weight excluding hydrogens is 813 g/mol. The second-order valence-corrected chi connectivity index (χ2v) is 19.5. The number of aliphatic hydroxyl groups is 2. The summed E-state index contributed by atoms with van der Waals surface area (Å²) in [7, 11) is 1.31. The van der Waals surface area contributed by atoms with E-state index in [1.54, 1.807) is 6.08 Å². The van der Waals surface area contributed by atoms with E-state index in [4.69, 9.17) is 19.4 Å². The number of H-pyrrole nitrogens is 2. The lowest BCUT2D eigenvalue weighted by Gasteiger charge is -2.19. The molecule has 8 bridgehead atoms. The van der Waals surface area contributed by atoms with Crippen molar-refractivity contribution in [2.24, 2.45) is 17.8 Å². The van der Waals surface area contributed by atoms with Gasteiger partial charge in [0, 0.05) is 62.4 Å². The number of aryl methyl sites for hydroxylation is 2. The van der Waals surface area contributed by atoms with Gasteiger partial charge in [-0.15, -0.1) is 0 Å². The monoisotopic (exact) mass is 887 g/mol. The molecule has 10 nitrogen and oxygen atoms in total. The highest BCUT2D eigenvalue weighted by atomic mass is 16.5. The number of rotatable bonds is 20. The Kier molecular flexibility index (Phi) is 16.4. The highest BCUT2D eigenvalue weighted by molar-refractivity contribution is 6.06. The van der Waals surface area contributed by atoms with Crippen molar-refractivity contribution in [2.45, 2.75) is 157 Å². The van der Waals surface area contributed by atoms with Crippen molar-refractivity contribution in [1.82, 2.24) is 19.9 Å². The number of carbonyl (C=O) groups excluding carboxylic acids is 2. The Hall–Kier alpha value is -5.38. The molecular formula is C55H74N4O6. The summed E-state index contributed by atoms with van der Waals surface area (Å²) < 4.78 is 11.1. The lowest BCUT2D eigenvalue weighted by molar-refractivity contribution is -0.143. The van der Waals surface area contributed by atoms with Crippen LogP contribution in [0.15, 0.2) is 42.2 Å². The van der Waals surface area contributed by atoms with Gasteiger partial charge in [0.2, 0.25) is 0 Å². The highest BCUT2D eigenvalue weighted by Gasteiger charge is 2.45. The van der Waals surface area contributed by atoms with E-state index in [0.29, 0.717) is 56.6 Å².